The normalized spacial score (nSPS) is 12.6. The second-order valence-corrected chi connectivity index (χ2v) is 3.29. The number of hydrogen-bond acceptors (Lipinski definition) is 3. The fraction of sp³-hybridized carbons (Fsp3) is 0.889. The van der Waals surface area contributed by atoms with E-state index in [1.807, 2.05) is 21.0 Å². The Morgan fingerprint density at radius 2 is 2.23 bits per heavy atom. The SMILES string of the molecule is CCC(N)CC(=O)N(C)CCNC. The van der Waals surface area contributed by atoms with Crippen molar-refractivity contribution >= 4 is 5.91 Å². The highest BCUT2D eigenvalue weighted by Gasteiger charge is 2.11. The molecular weight excluding hydrogens is 166 g/mol. The van der Waals surface area contributed by atoms with Gasteiger partial charge in [0.05, 0.1) is 0 Å². The van der Waals surface area contributed by atoms with Crippen LogP contribution in [0.15, 0.2) is 0 Å². The van der Waals surface area contributed by atoms with Crippen LogP contribution in [0.2, 0.25) is 0 Å². The zero-order valence-electron chi connectivity index (χ0n) is 8.84. The molecule has 0 aliphatic rings. The van der Waals surface area contributed by atoms with E-state index in [1.165, 1.54) is 0 Å². The number of rotatable bonds is 6. The van der Waals surface area contributed by atoms with Crippen LogP contribution in [0.5, 0.6) is 0 Å². The summed E-state index contributed by atoms with van der Waals surface area (Å²) in [7, 11) is 3.68. The van der Waals surface area contributed by atoms with Gasteiger partial charge in [0.25, 0.3) is 0 Å². The van der Waals surface area contributed by atoms with Crippen LogP contribution in [-0.2, 0) is 4.79 Å². The number of likely N-dealkylation sites (N-methyl/N-ethyl adjacent to an activating group) is 2. The van der Waals surface area contributed by atoms with Gasteiger partial charge in [-0.3, -0.25) is 4.79 Å². The molecule has 0 fully saturated rings. The first-order valence-electron chi connectivity index (χ1n) is 4.76. The maximum absolute atomic E-state index is 11.4. The van der Waals surface area contributed by atoms with Gasteiger partial charge in [-0.2, -0.15) is 0 Å². The minimum Gasteiger partial charge on any atom is -0.344 e. The summed E-state index contributed by atoms with van der Waals surface area (Å²) in [5.74, 6) is 0.129. The zero-order valence-corrected chi connectivity index (χ0v) is 8.84. The van der Waals surface area contributed by atoms with Crippen molar-refractivity contribution in [3.63, 3.8) is 0 Å². The summed E-state index contributed by atoms with van der Waals surface area (Å²) < 4.78 is 0. The van der Waals surface area contributed by atoms with E-state index in [-0.39, 0.29) is 11.9 Å². The molecule has 0 spiro atoms. The number of hydrogen-bond donors (Lipinski definition) is 2. The van der Waals surface area contributed by atoms with E-state index in [9.17, 15) is 4.79 Å². The maximum atomic E-state index is 11.4. The Balaban J connectivity index is 3.68. The number of amides is 1. The molecule has 0 aromatic heterocycles. The van der Waals surface area contributed by atoms with Gasteiger partial charge in [-0.25, -0.2) is 0 Å². The molecule has 0 aliphatic carbocycles. The lowest BCUT2D eigenvalue weighted by Crippen LogP contribution is -2.36. The molecular formula is C9H21N3O. The molecule has 0 bridgehead atoms. The van der Waals surface area contributed by atoms with Gasteiger partial charge in [-0.05, 0) is 13.5 Å². The largest absolute Gasteiger partial charge is 0.344 e. The number of carbonyl (C=O) groups is 1. The third kappa shape index (κ3) is 5.60. The Hall–Kier alpha value is -0.610. The average molecular weight is 187 g/mol. The Morgan fingerprint density at radius 1 is 1.62 bits per heavy atom. The molecule has 0 radical (unpaired) electrons. The highest BCUT2D eigenvalue weighted by atomic mass is 16.2. The van der Waals surface area contributed by atoms with E-state index in [1.54, 1.807) is 4.90 Å². The molecule has 0 aromatic rings. The van der Waals surface area contributed by atoms with Crippen molar-refractivity contribution in [1.82, 2.24) is 10.2 Å². The van der Waals surface area contributed by atoms with Gasteiger partial charge < -0.3 is 16.0 Å². The van der Waals surface area contributed by atoms with Crippen LogP contribution < -0.4 is 11.1 Å². The summed E-state index contributed by atoms with van der Waals surface area (Å²) in [5, 5.41) is 3.00. The Kier molecular flexibility index (Phi) is 6.54. The molecule has 78 valence electrons. The predicted octanol–water partition coefficient (Wildman–Crippen LogP) is -0.208. The van der Waals surface area contributed by atoms with Gasteiger partial charge in [0.1, 0.15) is 0 Å². The van der Waals surface area contributed by atoms with Crippen LogP contribution in [0.1, 0.15) is 19.8 Å². The van der Waals surface area contributed by atoms with E-state index >= 15 is 0 Å². The topological polar surface area (TPSA) is 58.4 Å². The highest BCUT2D eigenvalue weighted by molar-refractivity contribution is 5.76. The van der Waals surface area contributed by atoms with Crippen molar-refractivity contribution in [3.05, 3.63) is 0 Å². The lowest BCUT2D eigenvalue weighted by atomic mass is 10.1. The molecule has 13 heavy (non-hydrogen) atoms. The van der Waals surface area contributed by atoms with Gasteiger partial charge >= 0.3 is 0 Å². The summed E-state index contributed by atoms with van der Waals surface area (Å²) in [6, 6.07) is 0.00420. The Bertz CT molecular complexity index is 150. The van der Waals surface area contributed by atoms with Crippen molar-refractivity contribution in [2.24, 2.45) is 5.73 Å². The van der Waals surface area contributed by atoms with Gasteiger partial charge in [-0.15, -0.1) is 0 Å². The predicted molar refractivity (Wildman–Crippen MR) is 54.4 cm³/mol. The summed E-state index contributed by atoms with van der Waals surface area (Å²) in [6.45, 7) is 3.56. The van der Waals surface area contributed by atoms with Crippen LogP contribution >= 0.6 is 0 Å². The van der Waals surface area contributed by atoms with Crippen molar-refractivity contribution < 1.29 is 4.79 Å². The highest BCUT2D eigenvalue weighted by Crippen LogP contribution is 1.97. The number of nitrogens with one attached hydrogen (secondary N) is 1. The summed E-state index contributed by atoms with van der Waals surface area (Å²) in [6.07, 6.45) is 1.31. The zero-order chi connectivity index (χ0) is 10.3. The first-order chi connectivity index (χ1) is 6.11. The van der Waals surface area contributed by atoms with Crippen LogP contribution in [0.25, 0.3) is 0 Å². The van der Waals surface area contributed by atoms with Crippen LogP contribution in [0.3, 0.4) is 0 Å². The standard InChI is InChI=1S/C9H21N3O/c1-4-8(10)7-9(13)12(3)6-5-11-2/h8,11H,4-7,10H2,1-3H3. The summed E-state index contributed by atoms with van der Waals surface area (Å²) in [4.78, 5) is 13.2. The third-order valence-corrected chi connectivity index (χ3v) is 2.08. The second-order valence-electron chi connectivity index (χ2n) is 3.29. The number of nitrogens with two attached hydrogens (primary N) is 1. The number of nitrogens with zero attached hydrogens (tertiary/aromatic N) is 1. The lowest BCUT2D eigenvalue weighted by Gasteiger charge is -2.18. The molecule has 1 atom stereocenters. The van der Waals surface area contributed by atoms with Gasteiger partial charge in [-0.1, -0.05) is 6.92 Å². The molecule has 0 aromatic carbocycles. The Labute approximate surface area is 80.5 Å². The molecule has 0 saturated carbocycles. The van der Waals surface area contributed by atoms with Crippen molar-refractivity contribution in [2.75, 3.05) is 27.2 Å². The van der Waals surface area contributed by atoms with Gasteiger partial charge in [0, 0.05) is 32.6 Å². The molecule has 0 rings (SSSR count). The van der Waals surface area contributed by atoms with Crippen LogP contribution in [0, 0.1) is 0 Å². The molecule has 0 heterocycles. The molecule has 0 aliphatic heterocycles. The van der Waals surface area contributed by atoms with Crippen molar-refractivity contribution in [2.45, 2.75) is 25.8 Å². The first-order valence-corrected chi connectivity index (χ1v) is 4.76. The monoisotopic (exact) mass is 187 g/mol. The average Bonchev–Trinajstić information content (AvgIpc) is 2.13. The molecule has 4 heteroatoms. The molecule has 1 amide bonds. The molecule has 1 unspecified atom stereocenters. The fourth-order valence-electron chi connectivity index (χ4n) is 0.929. The van der Waals surface area contributed by atoms with E-state index in [0.29, 0.717) is 6.42 Å². The minimum absolute atomic E-state index is 0.00420. The maximum Gasteiger partial charge on any atom is 0.223 e. The fourth-order valence-corrected chi connectivity index (χ4v) is 0.929. The molecule has 3 N–H and O–H groups in total. The smallest absolute Gasteiger partial charge is 0.223 e. The van der Waals surface area contributed by atoms with E-state index in [0.717, 1.165) is 19.5 Å². The quantitative estimate of drug-likeness (QED) is 0.605. The second kappa shape index (κ2) is 6.86. The number of carbonyl (C=O) groups excluding carboxylic acids is 1. The van der Waals surface area contributed by atoms with Gasteiger partial charge in [0.15, 0.2) is 0 Å². The van der Waals surface area contributed by atoms with E-state index in [4.69, 9.17) is 5.73 Å². The third-order valence-electron chi connectivity index (χ3n) is 2.08. The van der Waals surface area contributed by atoms with Gasteiger partial charge in [0.2, 0.25) is 5.91 Å². The molecule has 4 nitrogen and oxygen atoms in total. The van der Waals surface area contributed by atoms with Crippen LogP contribution in [0.4, 0.5) is 0 Å². The molecule has 0 saturated heterocycles. The lowest BCUT2D eigenvalue weighted by molar-refractivity contribution is -0.130. The van der Waals surface area contributed by atoms with E-state index < -0.39 is 0 Å². The summed E-state index contributed by atoms with van der Waals surface area (Å²) in [5.41, 5.74) is 5.68. The van der Waals surface area contributed by atoms with Crippen molar-refractivity contribution in [1.29, 1.82) is 0 Å². The van der Waals surface area contributed by atoms with E-state index in [2.05, 4.69) is 5.32 Å². The first kappa shape index (κ1) is 12.4. The van der Waals surface area contributed by atoms with Crippen molar-refractivity contribution in [3.8, 4) is 0 Å². The Morgan fingerprint density at radius 3 is 2.69 bits per heavy atom. The van der Waals surface area contributed by atoms with Crippen LogP contribution in [-0.4, -0.2) is 44.0 Å². The minimum atomic E-state index is 0.00420. The summed E-state index contributed by atoms with van der Waals surface area (Å²) >= 11 is 0.